The number of methoxy groups -OCH3 is 1. The molecule has 0 spiro atoms. The number of carboxylic acids is 1. The van der Waals surface area contributed by atoms with Crippen LogP contribution in [-0.2, 0) is 23.9 Å². The molecular weight excluding hydrogens is 525 g/mol. The van der Waals surface area contributed by atoms with Gasteiger partial charge in [-0.15, -0.1) is 0 Å². The lowest BCUT2D eigenvalue weighted by Crippen LogP contribution is -2.56. The van der Waals surface area contributed by atoms with E-state index in [0.29, 0.717) is 17.3 Å². The maximum atomic E-state index is 12.8. The number of carbonyl (C=O) groups excluding carboxylic acids is 4. The average Bonchev–Trinajstić information content (AvgIpc) is 3.26. The van der Waals surface area contributed by atoms with Gasteiger partial charge in [-0.1, -0.05) is 11.6 Å². The highest BCUT2D eigenvalue weighted by Gasteiger charge is 2.66. The third-order valence-corrected chi connectivity index (χ3v) is 6.40. The van der Waals surface area contributed by atoms with Gasteiger partial charge in [0, 0.05) is 36.9 Å². The van der Waals surface area contributed by atoms with E-state index in [9.17, 15) is 32.3 Å². The largest absolute Gasteiger partial charge is 0.490 e. The number of anilines is 1. The lowest BCUT2D eigenvalue weighted by Gasteiger charge is -2.30. The van der Waals surface area contributed by atoms with Crippen LogP contribution < -0.4 is 10.6 Å². The lowest BCUT2D eigenvalue weighted by atomic mass is 9.81. The Labute approximate surface area is 214 Å². The molecule has 1 aromatic rings. The van der Waals surface area contributed by atoms with E-state index in [1.807, 2.05) is 0 Å². The smallest absolute Gasteiger partial charge is 0.475 e. The number of likely N-dealkylation sites (N-methyl/N-ethyl adjacent to an activating group) is 1. The Morgan fingerprint density at radius 1 is 1.22 bits per heavy atom. The molecule has 11 nitrogen and oxygen atoms in total. The molecule has 37 heavy (non-hydrogen) atoms. The highest BCUT2D eigenvalue weighted by atomic mass is 35.5. The number of ether oxygens (including phenoxy) is 1. The first-order valence-electron chi connectivity index (χ1n) is 10.9. The maximum Gasteiger partial charge on any atom is 0.490 e. The van der Waals surface area contributed by atoms with Crippen LogP contribution >= 0.6 is 11.6 Å². The van der Waals surface area contributed by atoms with Gasteiger partial charge in [-0.05, 0) is 38.1 Å². The van der Waals surface area contributed by atoms with Crippen molar-refractivity contribution in [3.63, 3.8) is 0 Å². The van der Waals surface area contributed by atoms with Crippen LogP contribution in [0.5, 0.6) is 0 Å². The minimum atomic E-state index is -5.08. The Bertz CT molecular complexity index is 1070. The number of urea groups is 1. The Hall–Kier alpha value is -3.39. The molecule has 0 radical (unpaired) electrons. The first-order chi connectivity index (χ1) is 17.1. The summed E-state index contributed by atoms with van der Waals surface area (Å²) in [6.45, 7) is 3.87. The highest BCUT2D eigenvalue weighted by molar-refractivity contribution is 6.30. The van der Waals surface area contributed by atoms with Gasteiger partial charge < -0.3 is 20.1 Å². The summed E-state index contributed by atoms with van der Waals surface area (Å²) in [5, 5.41) is 13.6. The van der Waals surface area contributed by atoms with Crippen LogP contribution in [-0.4, -0.2) is 89.7 Å². The van der Waals surface area contributed by atoms with Gasteiger partial charge in [0.15, 0.2) is 0 Å². The van der Waals surface area contributed by atoms with Gasteiger partial charge in [0.05, 0.1) is 18.9 Å². The number of nitrogens with one attached hydrogen (secondary N) is 2. The summed E-state index contributed by atoms with van der Waals surface area (Å²) in [6.07, 6.45) is -5.08. The zero-order chi connectivity index (χ0) is 28.3. The number of carboxylic acid groups (broad SMARTS) is 1. The standard InChI is InChI=1S/C20H25ClN4O5.C2HF3O2/c1-5-25(19(29)22-12-8-6-11(21)7-9-12)10-13-14-15(17(27)24(3)16(14)26)20(2,23-13)18(28)30-4;3-2(4,5)1(6)7/h6-9,13-15,23H,5,10H2,1-4H3,(H,22,29);(H,6,7)/t13-,14+,15-,20-;/m1./s1. The molecule has 2 aliphatic rings. The molecule has 204 valence electrons. The van der Waals surface area contributed by atoms with Gasteiger partial charge in [0.2, 0.25) is 11.8 Å². The third kappa shape index (κ3) is 6.31. The fourth-order valence-corrected chi connectivity index (χ4v) is 4.42. The molecule has 0 bridgehead atoms. The Morgan fingerprint density at radius 3 is 2.22 bits per heavy atom. The van der Waals surface area contributed by atoms with Gasteiger partial charge in [-0.25, -0.2) is 9.59 Å². The normalized spacial score (nSPS) is 24.6. The number of esters is 1. The van der Waals surface area contributed by atoms with Gasteiger partial charge in [-0.3, -0.25) is 24.6 Å². The number of amides is 4. The molecule has 0 aromatic heterocycles. The molecule has 0 unspecified atom stereocenters. The second-order valence-electron chi connectivity index (χ2n) is 8.46. The summed E-state index contributed by atoms with van der Waals surface area (Å²) in [5.74, 6) is -5.82. The number of alkyl halides is 3. The first kappa shape index (κ1) is 29.8. The molecule has 0 saturated carbocycles. The average molecular weight is 551 g/mol. The molecule has 15 heteroatoms. The van der Waals surface area contributed by atoms with E-state index in [0.717, 1.165) is 4.90 Å². The van der Waals surface area contributed by atoms with Crippen LogP contribution in [0.3, 0.4) is 0 Å². The Morgan fingerprint density at radius 2 is 1.76 bits per heavy atom. The minimum Gasteiger partial charge on any atom is -0.475 e. The number of likely N-dealkylation sites (tertiary alicyclic amines) is 1. The topological polar surface area (TPSA) is 145 Å². The summed E-state index contributed by atoms with van der Waals surface area (Å²) in [4.78, 5) is 62.1. The Kier molecular flexibility index (Phi) is 9.14. The van der Waals surface area contributed by atoms with E-state index in [2.05, 4.69) is 10.6 Å². The van der Waals surface area contributed by atoms with E-state index in [1.165, 1.54) is 19.1 Å². The van der Waals surface area contributed by atoms with Crippen molar-refractivity contribution in [3.8, 4) is 0 Å². The molecule has 4 amide bonds. The zero-order valence-electron chi connectivity index (χ0n) is 20.3. The number of fused-ring (bicyclic) bond motifs is 1. The lowest BCUT2D eigenvalue weighted by molar-refractivity contribution is -0.192. The van der Waals surface area contributed by atoms with E-state index < -0.39 is 47.4 Å². The first-order valence-corrected chi connectivity index (χ1v) is 11.2. The summed E-state index contributed by atoms with van der Waals surface area (Å²) in [5.41, 5.74) is -0.778. The summed E-state index contributed by atoms with van der Waals surface area (Å²) in [6, 6.07) is 5.74. The van der Waals surface area contributed by atoms with E-state index in [-0.39, 0.29) is 18.5 Å². The predicted molar refractivity (Wildman–Crippen MR) is 124 cm³/mol. The molecule has 2 saturated heterocycles. The van der Waals surface area contributed by atoms with Crippen LogP contribution in [0.1, 0.15) is 13.8 Å². The fraction of sp³-hybridized carbons (Fsp3) is 0.500. The van der Waals surface area contributed by atoms with Gasteiger partial charge in [0.1, 0.15) is 5.54 Å². The van der Waals surface area contributed by atoms with Crippen molar-refractivity contribution in [2.45, 2.75) is 31.6 Å². The summed E-state index contributed by atoms with van der Waals surface area (Å²) >= 11 is 5.87. The van der Waals surface area contributed by atoms with Gasteiger partial charge >= 0.3 is 24.1 Å². The number of carbonyl (C=O) groups is 5. The number of hydrogen-bond acceptors (Lipinski definition) is 7. The third-order valence-electron chi connectivity index (χ3n) is 6.15. The Balaban J connectivity index is 0.000000604. The molecule has 2 heterocycles. The van der Waals surface area contributed by atoms with Crippen LogP contribution in [0, 0.1) is 11.8 Å². The van der Waals surface area contributed by atoms with Crippen molar-refractivity contribution in [1.82, 2.24) is 15.1 Å². The van der Waals surface area contributed by atoms with E-state index >= 15 is 0 Å². The second kappa shape index (κ2) is 11.3. The van der Waals surface area contributed by atoms with Gasteiger partial charge in [0.25, 0.3) is 0 Å². The van der Waals surface area contributed by atoms with Crippen LogP contribution in [0.4, 0.5) is 23.7 Å². The maximum absolute atomic E-state index is 12.8. The number of benzene rings is 1. The molecule has 3 N–H and O–H groups in total. The van der Waals surface area contributed by atoms with E-state index in [1.54, 1.807) is 38.1 Å². The summed E-state index contributed by atoms with van der Waals surface area (Å²) < 4.78 is 36.6. The van der Waals surface area contributed by atoms with Crippen molar-refractivity contribution in [3.05, 3.63) is 29.3 Å². The van der Waals surface area contributed by atoms with Crippen LogP contribution in [0.2, 0.25) is 5.02 Å². The molecule has 2 aliphatic heterocycles. The number of halogens is 4. The summed E-state index contributed by atoms with van der Waals surface area (Å²) in [7, 11) is 2.64. The van der Waals surface area contributed by atoms with Crippen molar-refractivity contribution >= 4 is 47.1 Å². The highest BCUT2D eigenvalue weighted by Crippen LogP contribution is 2.43. The number of rotatable bonds is 5. The number of aliphatic carboxylic acids is 1. The molecule has 0 aliphatic carbocycles. The number of imide groups is 1. The van der Waals surface area contributed by atoms with Crippen LogP contribution in [0.25, 0.3) is 0 Å². The minimum absolute atomic E-state index is 0.135. The fourth-order valence-electron chi connectivity index (χ4n) is 4.30. The quantitative estimate of drug-likeness (QED) is 0.373. The van der Waals surface area contributed by atoms with Crippen molar-refractivity contribution in [1.29, 1.82) is 0 Å². The molecular formula is C22H26ClF3N4O7. The SMILES string of the molecule is CCN(C[C@H]1N[C@@](C)(C(=O)OC)[C@H]2C(=O)N(C)C(=O)[C@@H]12)C(=O)Nc1ccc(Cl)cc1.O=C(O)C(F)(F)F. The molecule has 2 fully saturated rings. The second-order valence-corrected chi connectivity index (χ2v) is 8.90. The number of nitrogens with zero attached hydrogens (tertiary/aromatic N) is 2. The molecule has 3 rings (SSSR count). The molecule has 4 atom stereocenters. The van der Waals surface area contributed by atoms with Crippen molar-refractivity contribution < 1.29 is 47.0 Å². The van der Waals surface area contributed by atoms with Crippen LogP contribution in [0.15, 0.2) is 24.3 Å². The predicted octanol–water partition coefficient (Wildman–Crippen LogP) is 1.96. The zero-order valence-corrected chi connectivity index (χ0v) is 21.0. The molecule has 1 aromatic carbocycles. The van der Waals surface area contributed by atoms with Gasteiger partial charge in [-0.2, -0.15) is 13.2 Å². The monoisotopic (exact) mass is 550 g/mol. The van der Waals surface area contributed by atoms with E-state index in [4.69, 9.17) is 26.2 Å². The number of hydrogen-bond donors (Lipinski definition) is 3. The van der Waals surface area contributed by atoms with Crippen molar-refractivity contribution in [2.24, 2.45) is 11.8 Å². The van der Waals surface area contributed by atoms with Crippen molar-refractivity contribution in [2.75, 3.05) is 32.6 Å².